The average molecular weight is 413 g/mol. The number of hydrogen-bond donors (Lipinski definition) is 0. The van der Waals surface area contributed by atoms with Crippen LogP contribution in [0, 0.1) is 0 Å². The van der Waals surface area contributed by atoms with E-state index in [1.807, 2.05) is 47.8 Å². The van der Waals surface area contributed by atoms with Gasteiger partial charge in [-0.05, 0) is 36.2 Å². The molecule has 29 heavy (non-hydrogen) atoms. The van der Waals surface area contributed by atoms with E-state index in [2.05, 4.69) is 4.98 Å². The zero-order valence-electron chi connectivity index (χ0n) is 16.6. The van der Waals surface area contributed by atoms with E-state index in [9.17, 15) is 4.79 Å². The Hall–Kier alpha value is -3.06. The van der Waals surface area contributed by atoms with Gasteiger partial charge in [0.15, 0.2) is 11.5 Å². The summed E-state index contributed by atoms with van der Waals surface area (Å²) < 4.78 is 21.3. The van der Waals surface area contributed by atoms with Gasteiger partial charge in [0.2, 0.25) is 0 Å². The second-order valence-corrected chi connectivity index (χ2v) is 7.05. The van der Waals surface area contributed by atoms with Crippen LogP contribution in [0.3, 0.4) is 0 Å². The van der Waals surface area contributed by atoms with Crippen LogP contribution < -0.4 is 14.2 Å². The summed E-state index contributed by atoms with van der Waals surface area (Å²) in [7, 11) is 4.82. The van der Waals surface area contributed by atoms with E-state index >= 15 is 0 Å². The first-order valence-electron chi connectivity index (χ1n) is 9.09. The molecule has 0 amide bonds. The lowest BCUT2D eigenvalue weighted by Crippen LogP contribution is -2.06. The van der Waals surface area contributed by atoms with Crippen molar-refractivity contribution in [3.63, 3.8) is 0 Å². The molecule has 0 saturated carbocycles. The zero-order chi connectivity index (χ0) is 20.6. The third-order valence-corrected chi connectivity index (χ3v) is 5.27. The van der Waals surface area contributed by atoms with Crippen molar-refractivity contribution in [3.8, 4) is 27.8 Å². The van der Waals surface area contributed by atoms with Crippen molar-refractivity contribution in [1.82, 2.24) is 4.98 Å². The molecule has 6 nitrogen and oxygen atoms in total. The van der Waals surface area contributed by atoms with E-state index in [1.54, 1.807) is 21.3 Å². The Kier molecular flexibility index (Phi) is 7.08. The molecule has 0 atom stereocenters. The molecule has 0 unspecified atom stereocenters. The maximum absolute atomic E-state index is 12.1. The van der Waals surface area contributed by atoms with Gasteiger partial charge in [-0.3, -0.25) is 4.79 Å². The summed E-state index contributed by atoms with van der Waals surface area (Å²) in [4.78, 5) is 16.6. The topological polar surface area (TPSA) is 66.9 Å². The molecule has 0 aliphatic carbocycles. The van der Waals surface area contributed by atoms with Gasteiger partial charge < -0.3 is 18.9 Å². The summed E-state index contributed by atoms with van der Waals surface area (Å²) in [6.07, 6.45) is 0.930. The lowest BCUT2D eigenvalue weighted by molar-refractivity contribution is -0.145. The minimum atomic E-state index is -0.255. The third-order valence-electron chi connectivity index (χ3n) is 4.34. The third kappa shape index (κ3) is 5.26. The fourth-order valence-corrected chi connectivity index (χ4v) is 3.64. The largest absolute Gasteiger partial charge is 0.497 e. The Morgan fingerprint density at radius 3 is 2.48 bits per heavy atom. The van der Waals surface area contributed by atoms with Crippen molar-refractivity contribution in [2.24, 2.45) is 0 Å². The van der Waals surface area contributed by atoms with E-state index in [0.717, 1.165) is 21.9 Å². The number of hydrogen-bond acceptors (Lipinski definition) is 7. The highest BCUT2D eigenvalue weighted by molar-refractivity contribution is 7.13. The van der Waals surface area contributed by atoms with Crippen LogP contribution in [-0.4, -0.2) is 32.3 Å². The molecule has 0 fully saturated rings. The van der Waals surface area contributed by atoms with E-state index < -0.39 is 0 Å². The lowest BCUT2D eigenvalue weighted by atomic mass is 10.1. The molecule has 0 aliphatic rings. The summed E-state index contributed by atoms with van der Waals surface area (Å²) in [6.45, 7) is 0.143. The van der Waals surface area contributed by atoms with Gasteiger partial charge in [0.25, 0.3) is 0 Å². The summed E-state index contributed by atoms with van der Waals surface area (Å²) in [5, 5.41) is 2.66. The van der Waals surface area contributed by atoms with E-state index in [0.29, 0.717) is 30.0 Å². The van der Waals surface area contributed by atoms with Gasteiger partial charge in [0.1, 0.15) is 17.4 Å². The highest BCUT2D eigenvalue weighted by Crippen LogP contribution is 2.39. The SMILES string of the molecule is COc1ccc(CCC(=O)OCc2csc(-c3cccc(OC)c3OC)n2)cc1. The first-order chi connectivity index (χ1) is 14.1. The standard InChI is InChI=1S/C22H23NO5S/c1-25-17-10-7-15(8-11-17)9-12-20(24)28-13-16-14-29-22(23-16)18-5-4-6-19(26-2)21(18)27-3/h4-8,10-11,14H,9,12-13H2,1-3H3. The molecule has 3 aromatic rings. The lowest BCUT2D eigenvalue weighted by Gasteiger charge is -2.10. The van der Waals surface area contributed by atoms with Crippen LogP contribution in [0.25, 0.3) is 10.6 Å². The Morgan fingerprint density at radius 2 is 1.79 bits per heavy atom. The Morgan fingerprint density at radius 1 is 1.00 bits per heavy atom. The average Bonchev–Trinajstić information content (AvgIpc) is 3.24. The fourth-order valence-electron chi connectivity index (χ4n) is 2.82. The normalized spacial score (nSPS) is 10.4. The van der Waals surface area contributed by atoms with Crippen molar-refractivity contribution >= 4 is 17.3 Å². The van der Waals surface area contributed by atoms with Gasteiger partial charge in [0.05, 0.1) is 32.6 Å². The second-order valence-electron chi connectivity index (χ2n) is 6.19. The molecular formula is C22H23NO5S. The predicted molar refractivity (Wildman–Crippen MR) is 112 cm³/mol. The van der Waals surface area contributed by atoms with Gasteiger partial charge >= 0.3 is 5.97 Å². The molecule has 7 heteroatoms. The highest BCUT2D eigenvalue weighted by Gasteiger charge is 2.15. The Bertz CT molecular complexity index is 952. The molecule has 0 bridgehead atoms. The van der Waals surface area contributed by atoms with E-state index in [-0.39, 0.29) is 12.6 Å². The first-order valence-corrected chi connectivity index (χ1v) is 9.97. The van der Waals surface area contributed by atoms with Crippen molar-refractivity contribution < 1.29 is 23.7 Å². The molecule has 0 aliphatic heterocycles. The maximum atomic E-state index is 12.1. The molecule has 0 saturated heterocycles. The molecule has 1 aromatic heterocycles. The molecule has 3 rings (SSSR count). The number of ether oxygens (including phenoxy) is 4. The number of carbonyl (C=O) groups excluding carboxylic acids is 1. The number of esters is 1. The van der Waals surface area contributed by atoms with Crippen LogP contribution in [0.15, 0.2) is 47.8 Å². The zero-order valence-corrected chi connectivity index (χ0v) is 17.5. The number of rotatable bonds is 9. The van der Waals surface area contributed by atoms with Crippen molar-refractivity contribution in [1.29, 1.82) is 0 Å². The first kappa shape index (κ1) is 20.7. The van der Waals surface area contributed by atoms with E-state index in [1.165, 1.54) is 11.3 Å². The molecule has 2 aromatic carbocycles. The molecular weight excluding hydrogens is 390 g/mol. The smallest absolute Gasteiger partial charge is 0.306 e. The number of para-hydroxylation sites is 1. The van der Waals surface area contributed by atoms with Crippen molar-refractivity contribution in [2.75, 3.05) is 21.3 Å². The van der Waals surface area contributed by atoms with Crippen LogP contribution in [0.4, 0.5) is 0 Å². The Labute approximate surface area is 174 Å². The van der Waals surface area contributed by atoms with Crippen molar-refractivity contribution in [2.45, 2.75) is 19.4 Å². The highest BCUT2D eigenvalue weighted by atomic mass is 32.1. The number of thiazole rings is 1. The Balaban J connectivity index is 1.56. The fraction of sp³-hybridized carbons (Fsp3) is 0.273. The number of nitrogens with zero attached hydrogens (tertiary/aromatic N) is 1. The molecule has 0 spiro atoms. The monoisotopic (exact) mass is 413 g/mol. The quantitative estimate of drug-likeness (QED) is 0.481. The van der Waals surface area contributed by atoms with Crippen LogP contribution in [0.1, 0.15) is 17.7 Å². The van der Waals surface area contributed by atoms with Gasteiger partial charge in [-0.1, -0.05) is 18.2 Å². The predicted octanol–water partition coefficient (Wildman–Crippen LogP) is 4.51. The van der Waals surface area contributed by atoms with Crippen LogP contribution >= 0.6 is 11.3 Å². The van der Waals surface area contributed by atoms with Crippen LogP contribution in [0.2, 0.25) is 0 Å². The number of methoxy groups -OCH3 is 3. The summed E-state index contributed by atoms with van der Waals surface area (Å²) in [5.41, 5.74) is 2.60. The minimum absolute atomic E-state index is 0.143. The summed E-state index contributed by atoms with van der Waals surface area (Å²) in [6, 6.07) is 13.3. The van der Waals surface area contributed by atoms with E-state index in [4.69, 9.17) is 18.9 Å². The molecule has 0 radical (unpaired) electrons. The van der Waals surface area contributed by atoms with Gasteiger partial charge in [-0.15, -0.1) is 11.3 Å². The number of benzene rings is 2. The molecule has 1 heterocycles. The second kappa shape index (κ2) is 9.93. The summed E-state index contributed by atoms with van der Waals surface area (Å²) >= 11 is 1.47. The molecule has 152 valence electrons. The minimum Gasteiger partial charge on any atom is -0.497 e. The van der Waals surface area contributed by atoms with Crippen molar-refractivity contribution in [3.05, 3.63) is 59.1 Å². The van der Waals surface area contributed by atoms with Gasteiger partial charge in [-0.25, -0.2) is 4.98 Å². The maximum Gasteiger partial charge on any atom is 0.306 e. The van der Waals surface area contributed by atoms with Gasteiger partial charge in [-0.2, -0.15) is 0 Å². The molecule has 0 N–H and O–H groups in total. The number of aromatic nitrogens is 1. The van der Waals surface area contributed by atoms with Crippen LogP contribution in [0.5, 0.6) is 17.2 Å². The van der Waals surface area contributed by atoms with Crippen LogP contribution in [-0.2, 0) is 22.6 Å². The summed E-state index contributed by atoms with van der Waals surface area (Å²) in [5.74, 6) is 1.82. The van der Waals surface area contributed by atoms with Gasteiger partial charge in [0, 0.05) is 11.8 Å². The number of carbonyl (C=O) groups is 1. The number of aryl methyl sites for hydroxylation is 1.